The molecule has 108 valence electrons. The van der Waals surface area contributed by atoms with Crippen molar-refractivity contribution >= 4 is 33.3 Å². The molecule has 0 atom stereocenters. The number of aromatic nitrogens is 3. The van der Waals surface area contributed by atoms with Crippen molar-refractivity contribution in [3.05, 3.63) is 40.5 Å². The zero-order valence-corrected chi connectivity index (χ0v) is 12.9. The third-order valence-electron chi connectivity index (χ3n) is 3.18. The summed E-state index contributed by atoms with van der Waals surface area (Å²) in [4.78, 5) is 15.4. The summed E-state index contributed by atoms with van der Waals surface area (Å²) in [6.45, 7) is 6.12. The van der Waals surface area contributed by atoms with Crippen LogP contribution in [0.4, 0.5) is 5.13 Å². The van der Waals surface area contributed by atoms with E-state index in [2.05, 4.69) is 20.5 Å². The second kappa shape index (κ2) is 5.29. The minimum absolute atomic E-state index is 0.199. The van der Waals surface area contributed by atoms with Gasteiger partial charge in [-0.05, 0) is 24.6 Å². The van der Waals surface area contributed by atoms with Gasteiger partial charge in [0, 0.05) is 16.8 Å². The molecule has 0 saturated carbocycles. The number of carbonyl (C=O) groups excluding carboxylic acids is 1. The van der Waals surface area contributed by atoms with Gasteiger partial charge >= 0.3 is 0 Å². The standard InChI is InChI=1S/C15H16N4OS/c1-8(2)14-18-19-15(21-14)17-13(20)12-7-10-5-4-9(3)6-11(10)16-12/h4-8,16H,1-3H3,(H,17,19,20). The van der Waals surface area contributed by atoms with E-state index in [4.69, 9.17) is 0 Å². The van der Waals surface area contributed by atoms with Crippen LogP contribution in [0.1, 0.15) is 40.8 Å². The van der Waals surface area contributed by atoms with Crippen LogP contribution < -0.4 is 5.32 Å². The Hall–Kier alpha value is -2.21. The molecule has 0 aliphatic heterocycles. The Balaban J connectivity index is 1.82. The Bertz CT molecular complexity index is 803. The van der Waals surface area contributed by atoms with Crippen LogP contribution in [0.15, 0.2) is 24.3 Å². The Morgan fingerprint density at radius 1 is 1.29 bits per heavy atom. The zero-order valence-electron chi connectivity index (χ0n) is 12.1. The number of H-pyrrole nitrogens is 1. The number of nitrogens with zero attached hydrogens (tertiary/aromatic N) is 2. The lowest BCUT2D eigenvalue weighted by Crippen LogP contribution is -2.11. The first kappa shape index (κ1) is 13.8. The second-order valence-corrected chi connectivity index (χ2v) is 6.34. The number of amides is 1. The molecule has 2 heterocycles. The maximum absolute atomic E-state index is 12.2. The number of aromatic amines is 1. The summed E-state index contributed by atoms with van der Waals surface area (Å²) in [5.41, 5.74) is 2.64. The smallest absolute Gasteiger partial charge is 0.273 e. The summed E-state index contributed by atoms with van der Waals surface area (Å²) < 4.78 is 0. The molecule has 1 amide bonds. The molecule has 1 aromatic carbocycles. The molecule has 5 nitrogen and oxygen atoms in total. The number of anilines is 1. The number of carbonyl (C=O) groups is 1. The van der Waals surface area contributed by atoms with E-state index < -0.39 is 0 Å². The van der Waals surface area contributed by atoms with Gasteiger partial charge in [0.05, 0.1) is 0 Å². The second-order valence-electron chi connectivity index (χ2n) is 5.33. The Morgan fingerprint density at radius 3 is 2.81 bits per heavy atom. The molecule has 21 heavy (non-hydrogen) atoms. The molecule has 0 fully saturated rings. The first-order valence-corrected chi connectivity index (χ1v) is 7.58. The summed E-state index contributed by atoms with van der Waals surface area (Å²) in [7, 11) is 0. The number of hydrogen-bond donors (Lipinski definition) is 2. The number of nitrogens with one attached hydrogen (secondary N) is 2. The fraction of sp³-hybridized carbons (Fsp3) is 0.267. The van der Waals surface area contributed by atoms with Crippen LogP contribution in [-0.2, 0) is 0 Å². The van der Waals surface area contributed by atoms with E-state index in [0.717, 1.165) is 21.5 Å². The Morgan fingerprint density at radius 2 is 2.10 bits per heavy atom. The quantitative estimate of drug-likeness (QED) is 0.774. The van der Waals surface area contributed by atoms with E-state index in [1.165, 1.54) is 11.3 Å². The van der Waals surface area contributed by atoms with Gasteiger partial charge in [-0.15, -0.1) is 10.2 Å². The topological polar surface area (TPSA) is 70.7 Å². The molecule has 2 aromatic heterocycles. The molecule has 3 rings (SSSR count). The minimum Gasteiger partial charge on any atom is -0.351 e. The summed E-state index contributed by atoms with van der Waals surface area (Å²) in [6, 6.07) is 7.89. The van der Waals surface area contributed by atoms with Crippen LogP contribution in [0.2, 0.25) is 0 Å². The average Bonchev–Trinajstić information content (AvgIpc) is 3.04. The number of rotatable bonds is 3. The van der Waals surface area contributed by atoms with Crippen LogP contribution in [0.5, 0.6) is 0 Å². The van der Waals surface area contributed by atoms with Crippen molar-refractivity contribution in [1.29, 1.82) is 0 Å². The molecule has 0 unspecified atom stereocenters. The molecule has 3 aromatic rings. The zero-order chi connectivity index (χ0) is 15.0. The third-order valence-corrected chi connectivity index (χ3v) is 4.32. The molecule has 2 N–H and O–H groups in total. The monoisotopic (exact) mass is 300 g/mol. The maximum Gasteiger partial charge on any atom is 0.273 e. The van der Waals surface area contributed by atoms with Crippen molar-refractivity contribution in [2.75, 3.05) is 5.32 Å². The van der Waals surface area contributed by atoms with Crippen molar-refractivity contribution in [3.8, 4) is 0 Å². The van der Waals surface area contributed by atoms with Gasteiger partial charge in [-0.1, -0.05) is 37.3 Å². The fourth-order valence-electron chi connectivity index (χ4n) is 2.05. The molecular weight excluding hydrogens is 284 g/mol. The number of benzene rings is 1. The van der Waals surface area contributed by atoms with E-state index in [1.807, 2.05) is 45.0 Å². The summed E-state index contributed by atoms with van der Waals surface area (Å²) in [5, 5.41) is 13.3. The first-order valence-electron chi connectivity index (χ1n) is 6.77. The summed E-state index contributed by atoms with van der Waals surface area (Å²) in [5.74, 6) is 0.111. The molecular formula is C15H16N4OS. The molecule has 0 bridgehead atoms. The highest BCUT2D eigenvalue weighted by Gasteiger charge is 2.13. The van der Waals surface area contributed by atoms with Crippen molar-refractivity contribution in [3.63, 3.8) is 0 Å². The van der Waals surface area contributed by atoms with E-state index in [9.17, 15) is 4.79 Å². The van der Waals surface area contributed by atoms with E-state index in [1.54, 1.807) is 0 Å². The van der Waals surface area contributed by atoms with Gasteiger partial charge in [0.2, 0.25) is 5.13 Å². The number of aryl methyl sites for hydroxylation is 1. The minimum atomic E-state index is -0.199. The largest absolute Gasteiger partial charge is 0.351 e. The predicted octanol–water partition coefficient (Wildman–Crippen LogP) is 3.70. The lowest BCUT2D eigenvalue weighted by Gasteiger charge is -1.97. The fourth-order valence-corrected chi connectivity index (χ4v) is 2.79. The van der Waals surface area contributed by atoms with Crippen molar-refractivity contribution < 1.29 is 4.79 Å². The van der Waals surface area contributed by atoms with Gasteiger partial charge in [-0.25, -0.2) is 0 Å². The highest BCUT2D eigenvalue weighted by atomic mass is 32.1. The van der Waals surface area contributed by atoms with Crippen LogP contribution >= 0.6 is 11.3 Å². The lowest BCUT2D eigenvalue weighted by molar-refractivity contribution is 0.102. The van der Waals surface area contributed by atoms with Gasteiger partial charge in [0.1, 0.15) is 10.7 Å². The molecule has 0 aliphatic rings. The van der Waals surface area contributed by atoms with Crippen molar-refractivity contribution in [1.82, 2.24) is 15.2 Å². The molecule has 6 heteroatoms. The average molecular weight is 300 g/mol. The first-order chi connectivity index (χ1) is 10.0. The van der Waals surface area contributed by atoms with Crippen LogP contribution in [0.3, 0.4) is 0 Å². The Kier molecular flexibility index (Phi) is 3.47. The lowest BCUT2D eigenvalue weighted by atomic mass is 10.2. The number of fused-ring (bicyclic) bond motifs is 1. The predicted molar refractivity (Wildman–Crippen MR) is 85.0 cm³/mol. The van der Waals surface area contributed by atoms with Gasteiger partial charge in [0.15, 0.2) is 0 Å². The third kappa shape index (κ3) is 2.80. The van der Waals surface area contributed by atoms with Gasteiger partial charge in [-0.2, -0.15) is 0 Å². The van der Waals surface area contributed by atoms with E-state index in [-0.39, 0.29) is 5.91 Å². The molecule has 0 radical (unpaired) electrons. The van der Waals surface area contributed by atoms with E-state index in [0.29, 0.717) is 16.7 Å². The maximum atomic E-state index is 12.2. The normalized spacial score (nSPS) is 11.2. The van der Waals surface area contributed by atoms with Gasteiger partial charge < -0.3 is 4.98 Å². The van der Waals surface area contributed by atoms with Gasteiger partial charge in [0.25, 0.3) is 5.91 Å². The molecule has 0 spiro atoms. The van der Waals surface area contributed by atoms with Crippen LogP contribution in [0, 0.1) is 6.92 Å². The molecule has 0 saturated heterocycles. The molecule has 0 aliphatic carbocycles. The van der Waals surface area contributed by atoms with Crippen molar-refractivity contribution in [2.24, 2.45) is 0 Å². The van der Waals surface area contributed by atoms with Gasteiger partial charge in [-0.3, -0.25) is 10.1 Å². The van der Waals surface area contributed by atoms with Crippen molar-refractivity contribution in [2.45, 2.75) is 26.7 Å². The summed E-state index contributed by atoms with van der Waals surface area (Å²) >= 11 is 1.41. The SMILES string of the molecule is Cc1ccc2cc(C(=O)Nc3nnc(C(C)C)s3)[nH]c2c1. The van der Waals surface area contributed by atoms with Crippen LogP contribution in [-0.4, -0.2) is 21.1 Å². The highest BCUT2D eigenvalue weighted by molar-refractivity contribution is 7.15. The van der Waals surface area contributed by atoms with E-state index >= 15 is 0 Å². The Labute approximate surface area is 126 Å². The summed E-state index contributed by atoms with van der Waals surface area (Å²) in [6.07, 6.45) is 0. The number of hydrogen-bond acceptors (Lipinski definition) is 4. The van der Waals surface area contributed by atoms with Crippen LogP contribution in [0.25, 0.3) is 10.9 Å². The highest BCUT2D eigenvalue weighted by Crippen LogP contribution is 2.23.